The number of rotatable bonds is 9. The molecule has 1 heterocycles. The molecular weight excluding hydrogens is 378 g/mol. The number of carbonyl (C=O) groups is 2. The summed E-state index contributed by atoms with van der Waals surface area (Å²) in [6.45, 7) is 4.39. The van der Waals surface area contributed by atoms with Crippen LogP contribution in [-0.4, -0.2) is 49.5 Å². The first-order valence-corrected chi connectivity index (χ1v) is 10.6. The van der Waals surface area contributed by atoms with Gasteiger partial charge in [0.05, 0.1) is 13.2 Å². The number of likely N-dealkylation sites (tertiary alicyclic amines) is 1. The molecule has 1 fully saturated rings. The van der Waals surface area contributed by atoms with E-state index in [9.17, 15) is 9.59 Å². The molecule has 1 aliphatic rings. The molecule has 3 rings (SSSR count). The van der Waals surface area contributed by atoms with Crippen LogP contribution in [0.4, 0.5) is 0 Å². The number of methoxy groups -OCH3 is 1. The van der Waals surface area contributed by atoms with E-state index in [2.05, 4.69) is 21.6 Å². The summed E-state index contributed by atoms with van der Waals surface area (Å²) in [5.74, 6) is 0.599. The highest BCUT2D eigenvalue weighted by molar-refractivity contribution is 5.94. The van der Waals surface area contributed by atoms with E-state index in [-0.39, 0.29) is 30.3 Å². The molecule has 2 aromatic rings. The molecule has 160 valence electrons. The quantitative estimate of drug-likeness (QED) is 0.667. The Morgan fingerprint density at radius 2 is 1.70 bits per heavy atom. The summed E-state index contributed by atoms with van der Waals surface area (Å²) in [7, 11) is 1.68. The SMILES string of the molecule is COc1ccccc1C(CNC(=O)CC(C)NC(=O)c1ccccc1)N1CCCC1. The van der Waals surface area contributed by atoms with Crippen molar-refractivity contribution in [3.05, 3.63) is 65.7 Å². The third-order valence-corrected chi connectivity index (χ3v) is 5.48. The van der Waals surface area contributed by atoms with E-state index in [1.807, 2.05) is 43.3 Å². The van der Waals surface area contributed by atoms with Crippen molar-refractivity contribution in [2.75, 3.05) is 26.7 Å². The zero-order valence-corrected chi connectivity index (χ0v) is 17.8. The van der Waals surface area contributed by atoms with Crippen LogP contribution in [0.3, 0.4) is 0 Å². The average Bonchev–Trinajstić information content (AvgIpc) is 3.29. The van der Waals surface area contributed by atoms with E-state index in [1.165, 1.54) is 12.8 Å². The maximum Gasteiger partial charge on any atom is 0.251 e. The Hall–Kier alpha value is -2.86. The van der Waals surface area contributed by atoms with Crippen LogP contribution < -0.4 is 15.4 Å². The van der Waals surface area contributed by atoms with Crippen molar-refractivity contribution in [3.63, 3.8) is 0 Å². The number of carbonyl (C=O) groups excluding carboxylic acids is 2. The smallest absolute Gasteiger partial charge is 0.251 e. The van der Waals surface area contributed by atoms with Crippen LogP contribution in [0.1, 0.15) is 48.1 Å². The number of para-hydroxylation sites is 1. The van der Waals surface area contributed by atoms with E-state index < -0.39 is 0 Å². The zero-order chi connectivity index (χ0) is 21.3. The summed E-state index contributed by atoms with van der Waals surface area (Å²) < 4.78 is 5.56. The van der Waals surface area contributed by atoms with E-state index in [0.29, 0.717) is 12.1 Å². The monoisotopic (exact) mass is 409 g/mol. The minimum Gasteiger partial charge on any atom is -0.496 e. The fourth-order valence-corrected chi connectivity index (χ4v) is 3.94. The van der Waals surface area contributed by atoms with Crippen molar-refractivity contribution in [3.8, 4) is 5.75 Å². The highest BCUT2D eigenvalue weighted by Gasteiger charge is 2.26. The van der Waals surface area contributed by atoms with Crippen molar-refractivity contribution in [2.45, 2.75) is 38.3 Å². The van der Waals surface area contributed by atoms with E-state index >= 15 is 0 Å². The lowest BCUT2D eigenvalue weighted by atomic mass is 10.0. The molecular formula is C24H31N3O3. The number of benzene rings is 2. The summed E-state index contributed by atoms with van der Waals surface area (Å²) in [4.78, 5) is 27.2. The lowest BCUT2D eigenvalue weighted by molar-refractivity contribution is -0.121. The van der Waals surface area contributed by atoms with Gasteiger partial charge >= 0.3 is 0 Å². The molecule has 1 saturated heterocycles. The van der Waals surface area contributed by atoms with Crippen LogP contribution in [0.5, 0.6) is 5.75 Å². The van der Waals surface area contributed by atoms with Crippen LogP contribution in [0.15, 0.2) is 54.6 Å². The minimum atomic E-state index is -0.255. The summed E-state index contributed by atoms with van der Waals surface area (Å²) >= 11 is 0. The summed E-state index contributed by atoms with van der Waals surface area (Å²) in [5.41, 5.74) is 1.68. The van der Waals surface area contributed by atoms with Crippen LogP contribution in [-0.2, 0) is 4.79 Å². The topological polar surface area (TPSA) is 70.7 Å². The standard InChI is InChI=1S/C24H31N3O3/c1-18(26-24(29)19-10-4-3-5-11-19)16-23(28)25-17-21(27-14-8-9-15-27)20-12-6-7-13-22(20)30-2/h3-7,10-13,18,21H,8-9,14-17H2,1-2H3,(H,25,28)(H,26,29). The highest BCUT2D eigenvalue weighted by Crippen LogP contribution is 2.31. The number of hydrogen-bond donors (Lipinski definition) is 2. The molecule has 6 nitrogen and oxygen atoms in total. The first-order valence-electron chi connectivity index (χ1n) is 10.6. The van der Waals surface area contributed by atoms with Gasteiger partial charge in [-0.2, -0.15) is 0 Å². The molecule has 2 aromatic carbocycles. The second-order valence-electron chi connectivity index (χ2n) is 7.75. The van der Waals surface area contributed by atoms with Gasteiger partial charge in [0.2, 0.25) is 5.91 Å². The molecule has 0 bridgehead atoms. The molecule has 0 aromatic heterocycles. The molecule has 1 aliphatic heterocycles. The van der Waals surface area contributed by atoms with Gasteiger partial charge in [0.15, 0.2) is 0 Å². The lowest BCUT2D eigenvalue weighted by Gasteiger charge is -2.29. The molecule has 0 radical (unpaired) electrons. The maximum atomic E-state index is 12.6. The van der Waals surface area contributed by atoms with Gasteiger partial charge in [0.1, 0.15) is 5.75 Å². The van der Waals surface area contributed by atoms with Crippen LogP contribution in [0.2, 0.25) is 0 Å². The van der Waals surface area contributed by atoms with Gasteiger partial charge in [0, 0.05) is 30.1 Å². The van der Waals surface area contributed by atoms with Gasteiger partial charge in [-0.3, -0.25) is 14.5 Å². The fourth-order valence-electron chi connectivity index (χ4n) is 3.94. The molecule has 6 heteroatoms. The Labute approximate surface area is 178 Å². The number of nitrogens with zero attached hydrogens (tertiary/aromatic N) is 1. The van der Waals surface area contributed by atoms with Gasteiger partial charge < -0.3 is 15.4 Å². The minimum absolute atomic E-state index is 0.0711. The summed E-state index contributed by atoms with van der Waals surface area (Å²) in [5, 5.41) is 5.96. The molecule has 30 heavy (non-hydrogen) atoms. The first kappa shape index (κ1) is 21.8. The second-order valence-corrected chi connectivity index (χ2v) is 7.75. The molecule has 0 saturated carbocycles. The highest BCUT2D eigenvalue weighted by atomic mass is 16.5. The van der Waals surface area contributed by atoms with E-state index in [1.54, 1.807) is 19.2 Å². The number of ether oxygens (including phenoxy) is 1. The molecule has 2 N–H and O–H groups in total. The number of nitrogens with one attached hydrogen (secondary N) is 2. The van der Waals surface area contributed by atoms with Gasteiger partial charge in [-0.1, -0.05) is 36.4 Å². The number of hydrogen-bond acceptors (Lipinski definition) is 4. The predicted octanol–water partition coefficient (Wildman–Crippen LogP) is 3.16. The van der Waals surface area contributed by atoms with Crippen molar-refractivity contribution in [1.29, 1.82) is 0 Å². The maximum absolute atomic E-state index is 12.6. The Morgan fingerprint density at radius 1 is 1.03 bits per heavy atom. The van der Waals surface area contributed by atoms with Crippen molar-refractivity contribution in [2.24, 2.45) is 0 Å². The van der Waals surface area contributed by atoms with E-state index in [4.69, 9.17) is 4.74 Å². The van der Waals surface area contributed by atoms with E-state index in [0.717, 1.165) is 24.4 Å². The first-order chi connectivity index (χ1) is 14.6. The second kappa shape index (κ2) is 10.8. The fraction of sp³-hybridized carbons (Fsp3) is 0.417. The summed E-state index contributed by atoms with van der Waals surface area (Å²) in [6.07, 6.45) is 2.57. The van der Waals surface area contributed by atoms with Gasteiger partial charge in [-0.25, -0.2) is 0 Å². The number of amides is 2. The van der Waals surface area contributed by atoms with Crippen LogP contribution in [0, 0.1) is 0 Å². The van der Waals surface area contributed by atoms with Gasteiger partial charge in [-0.15, -0.1) is 0 Å². The molecule has 2 unspecified atom stereocenters. The average molecular weight is 410 g/mol. The van der Waals surface area contributed by atoms with Crippen LogP contribution >= 0.6 is 0 Å². The predicted molar refractivity (Wildman–Crippen MR) is 118 cm³/mol. The lowest BCUT2D eigenvalue weighted by Crippen LogP contribution is -2.40. The Balaban J connectivity index is 1.57. The largest absolute Gasteiger partial charge is 0.496 e. The van der Waals surface area contributed by atoms with Crippen LogP contribution in [0.25, 0.3) is 0 Å². The Morgan fingerprint density at radius 3 is 2.40 bits per heavy atom. The zero-order valence-electron chi connectivity index (χ0n) is 17.8. The van der Waals surface area contributed by atoms with Crippen molar-refractivity contribution >= 4 is 11.8 Å². The normalized spacial score (nSPS) is 15.9. The summed E-state index contributed by atoms with van der Waals surface area (Å²) in [6, 6.07) is 16.8. The Bertz CT molecular complexity index is 835. The molecule has 0 aliphatic carbocycles. The Kier molecular flexibility index (Phi) is 7.85. The van der Waals surface area contributed by atoms with Crippen molar-refractivity contribution in [1.82, 2.24) is 15.5 Å². The molecule has 0 spiro atoms. The molecule has 2 amide bonds. The van der Waals surface area contributed by atoms with Gasteiger partial charge in [-0.05, 0) is 51.1 Å². The van der Waals surface area contributed by atoms with Gasteiger partial charge in [0.25, 0.3) is 5.91 Å². The third kappa shape index (κ3) is 5.83. The van der Waals surface area contributed by atoms with Crippen molar-refractivity contribution < 1.29 is 14.3 Å². The molecule has 2 atom stereocenters. The third-order valence-electron chi connectivity index (χ3n) is 5.48.